The Labute approximate surface area is 86.7 Å². The van der Waals surface area contributed by atoms with Crippen LogP contribution in [0, 0.1) is 0 Å². The molecular weight excluding hydrogens is 190 g/mol. The van der Waals surface area contributed by atoms with E-state index in [2.05, 4.69) is 23.6 Å². The summed E-state index contributed by atoms with van der Waals surface area (Å²) in [6.45, 7) is 6.26. The fourth-order valence-electron chi connectivity index (χ4n) is 1.52. The molecule has 0 spiro atoms. The molecule has 1 aliphatic rings. The molecule has 0 bridgehead atoms. The van der Waals surface area contributed by atoms with E-state index in [1.54, 1.807) is 0 Å². The highest BCUT2D eigenvalue weighted by molar-refractivity contribution is 7.99. The molecule has 3 heteroatoms. The topological polar surface area (TPSA) is 3.24 Å². The van der Waals surface area contributed by atoms with Gasteiger partial charge in [-0.25, -0.2) is 0 Å². The van der Waals surface area contributed by atoms with Gasteiger partial charge in [-0.05, 0) is 31.7 Å². The molecule has 0 aromatic carbocycles. The zero-order valence-corrected chi connectivity index (χ0v) is 9.55. The van der Waals surface area contributed by atoms with Crippen LogP contribution in [0.1, 0.15) is 26.2 Å². The maximum absolute atomic E-state index is 2.60. The molecule has 1 heterocycles. The molecule has 12 heavy (non-hydrogen) atoms. The molecule has 0 aromatic rings. The first-order valence-corrected chi connectivity index (χ1v) is 5.89. The lowest BCUT2D eigenvalue weighted by atomic mass is 10.1. The van der Waals surface area contributed by atoms with E-state index in [9.17, 15) is 0 Å². The zero-order valence-electron chi connectivity index (χ0n) is 7.92. The maximum Gasteiger partial charge on any atom is 0.00723 e. The largest absolute Gasteiger partial charge is 0.303 e. The van der Waals surface area contributed by atoms with Crippen molar-refractivity contribution < 1.29 is 0 Å². The lowest BCUT2D eigenvalue weighted by Gasteiger charge is -2.25. The second kappa shape index (κ2) is 8.21. The third-order valence-electron chi connectivity index (χ3n) is 2.20. The summed E-state index contributed by atoms with van der Waals surface area (Å²) in [7, 11) is 0. The van der Waals surface area contributed by atoms with Crippen LogP contribution in [-0.4, -0.2) is 36.0 Å². The van der Waals surface area contributed by atoms with E-state index in [0.717, 1.165) is 0 Å². The Morgan fingerprint density at radius 3 is 2.42 bits per heavy atom. The monoisotopic (exact) mass is 209 g/mol. The number of thioether (sulfide) groups is 1. The first-order chi connectivity index (χ1) is 5.43. The molecule has 0 N–H and O–H groups in total. The van der Waals surface area contributed by atoms with E-state index in [1.165, 1.54) is 50.4 Å². The van der Waals surface area contributed by atoms with Crippen LogP contribution in [-0.2, 0) is 0 Å². The van der Waals surface area contributed by atoms with Crippen LogP contribution < -0.4 is 0 Å². The second-order valence-corrected chi connectivity index (χ2v) is 4.49. The first-order valence-electron chi connectivity index (χ1n) is 4.73. The lowest BCUT2D eigenvalue weighted by Crippen LogP contribution is -2.31. The molecule has 1 fully saturated rings. The summed E-state index contributed by atoms with van der Waals surface area (Å²) < 4.78 is 0. The molecular formula is C9H20ClNS. The van der Waals surface area contributed by atoms with Gasteiger partial charge in [-0.2, -0.15) is 11.8 Å². The van der Waals surface area contributed by atoms with E-state index < -0.39 is 0 Å². The Morgan fingerprint density at radius 1 is 1.17 bits per heavy atom. The van der Waals surface area contributed by atoms with E-state index in [0.29, 0.717) is 0 Å². The van der Waals surface area contributed by atoms with Gasteiger partial charge >= 0.3 is 0 Å². The van der Waals surface area contributed by atoms with Crippen LogP contribution in [0.15, 0.2) is 0 Å². The molecule has 0 atom stereocenters. The SMILES string of the molecule is CCSCCN1CCCCC1.Cl. The zero-order chi connectivity index (χ0) is 7.94. The Hall–Kier alpha value is 0.600. The summed E-state index contributed by atoms with van der Waals surface area (Å²) >= 11 is 2.06. The number of halogens is 1. The molecule has 0 unspecified atom stereocenters. The molecule has 74 valence electrons. The van der Waals surface area contributed by atoms with Crippen molar-refractivity contribution in [3.05, 3.63) is 0 Å². The fraction of sp³-hybridized carbons (Fsp3) is 1.00. The maximum atomic E-state index is 2.60. The summed E-state index contributed by atoms with van der Waals surface area (Å²) in [4.78, 5) is 2.60. The van der Waals surface area contributed by atoms with Crippen molar-refractivity contribution in [1.29, 1.82) is 0 Å². The van der Waals surface area contributed by atoms with Crippen LogP contribution in [0.2, 0.25) is 0 Å². The highest BCUT2D eigenvalue weighted by atomic mass is 35.5. The van der Waals surface area contributed by atoms with E-state index in [1.807, 2.05) is 0 Å². The van der Waals surface area contributed by atoms with Gasteiger partial charge in [0, 0.05) is 12.3 Å². The van der Waals surface area contributed by atoms with Crippen molar-refractivity contribution in [1.82, 2.24) is 4.90 Å². The standard InChI is InChI=1S/C9H19NS.ClH/c1-2-11-9-8-10-6-4-3-5-7-10;/h2-9H2,1H3;1H. The Balaban J connectivity index is 0.00000121. The lowest BCUT2D eigenvalue weighted by molar-refractivity contribution is 0.242. The Morgan fingerprint density at radius 2 is 1.83 bits per heavy atom. The van der Waals surface area contributed by atoms with Crippen LogP contribution in [0.3, 0.4) is 0 Å². The van der Waals surface area contributed by atoms with Crippen LogP contribution in [0.25, 0.3) is 0 Å². The molecule has 1 aliphatic heterocycles. The number of likely N-dealkylation sites (tertiary alicyclic amines) is 1. The number of hydrogen-bond acceptors (Lipinski definition) is 2. The summed E-state index contributed by atoms with van der Waals surface area (Å²) in [5.41, 5.74) is 0. The molecule has 0 radical (unpaired) electrons. The van der Waals surface area contributed by atoms with E-state index in [4.69, 9.17) is 0 Å². The van der Waals surface area contributed by atoms with E-state index >= 15 is 0 Å². The van der Waals surface area contributed by atoms with Crippen LogP contribution in [0.4, 0.5) is 0 Å². The highest BCUT2D eigenvalue weighted by Crippen LogP contribution is 2.09. The third-order valence-corrected chi connectivity index (χ3v) is 3.08. The quantitative estimate of drug-likeness (QED) is 0.655. The van der Waals surface area contributed by atoms with Gasteiger partial charge in [0.05, 0.1) is 0 Å². The minimum Gasteiger partial charge on any atom is -0.303 e. The predicted octanol–water partition coefficient (Wildman–Crippen LogP) is 2.65. The summed E-state index contributed by atoms with van der Waals surface area (Å²) in [6.07, 6.45) is 4.31. The van der Waals surface area contributed by atoms with Crippen LogP contribution in [0.5, 0.6) is 0 Å². The summed E-state index contributed by atoms with van der Waals surface area (Å²) in [5, 5.41) is 0. The van der Waals surface area contributed by atoms with Gasteiger partial charge in [-0.3, -0.25) is 0 Å². The Kier molecular flexibility index (Phi) is 8.62. The minimum absolute atomic E-state index is 0. The van der Waals surface area contributed by atoms with Crippen molar-refractivity contribution in [2.75, 3.05) is 31.1 Å². The number of nitrogens with zero attached hydrogens (tertiary/aromatic N) is 1. The fourth-order valence-corrected chi connectivity index (χ4v) is 2.20. The van der Waals surface area contributed by atoms with Gasteiger partial charge < -0.3 is 4.90 Å². The van der Waals surface area contributed by atoms with E-state index in [-0.39, 0.29) is 12.4 Å². The van der Waals surface area contributed by atoms with Gasteiger partial charge in [0.2, 0.25) is 0 Å². The molecule has 0 aliphatic carbocycles. The Bertz CT molecular complexity index is 94.5. The average Bonchev–Trinajstić information content (AvgIpc) is 2.07. The van der Waals surface area contributed by atoms with Gasteiger partial charge in [0.15, 0.2) is 0 Å². The van der Waals surface area contributed by atoms with Gasteiger partial charge in [0.1, 0.15) is 0 Å². The van der Waals surface area contributed by atoms with Crippen molar-refractivity contribution in [3.63, 3.8) is 0 Å². The second-order valence-electron chi connectivity index (χ2n) is 3.10. The smallest absolute Gasteiger partial charge is 0.00723 e. The molecule has 1 rings (SSSR count). The summed E-state index contributed by atoms with van der Waals surface area (Å²) in [6, 6.07) is 0. The number of piperidine rings is 1. The molecule has 0 amide bonds. The third kappa shape index (κ3) is 5.28. The van der Waals surface area contributed by atoms with Crippen molar-refractivity contribution in [2.45, 2.75) is 26.2 Å². The van der Waals surface area contributed by atoms with Gasteiger partial charge in [-0.15, -0.1) is 12.4 Å². The van der Waals surface area contributed by atoms with Crippen molar-refractivity contribution in [2.24, 2.45) is 0 Å². The molecule has 0 saturated carbocycles. The molecule has 1 nitrogen and oxygen atoms in total. The molecule has 1 saturated heterocycles. The van der Waals surface area contributed by atoms with Crippen molar-refractivity contribution >= 4 is 24.2 Å². The molecule has 0 aromatic heterocycles. The van der Waals surface area contributed by atoms with Gasteiger partial charge in [-0.1, -0.05) is 13.3 Å². The highest BCUT2D eigenvalue weighted by Gasteiger charge is 2.08. The van der Waals surface area contributed by atoms with Crippen LogP contribution >= 0.6 is 24.2 Å². The first kappa shape index (κ1) is 12.6. The predicted molar refractivity (Wildman–Crippen MR) is 60.5 cm³/mol. The summed E-state index contributed by atoms with van der Waals surface area (Å²) in [5.74, 6) is 2.60. The average molecular weight is 210 g/mol. The van der Waals surface area contributed by atoms with Crippen molar-refractivity contribution in [3.8, 4) is 0 Å². The normalized spacial score (nSPS) is 18.8. The minimum atomic E-state index is 0. The van der Waals surface area contributed by atoms with Gasteiger partial charge in [0.25, 0.3) is 0 Å². The number of hydrogen-bond donors (Lipinski definition) is 0. The number of rotatable bonds is 4.